The number of phosphoric acid groups is 1. The van der Waals surface area contributed by atoms with Gasteiger partial charge < -0.3 is 14.5 Å². The molecular weight excluding hydrogens is 561 g/mol. The standard InChI is InChI=1S/C35H64NO6P/c1-6-9-10-11-12-13-14-15-16-17-18-19-27-40-35-24-22-31(23-25-35)28-32(29-33(37)7-2)30-41-43(38,39)42-34(8-3)21-20-26-36(4)5/h22-25,32,34H,6-21,26-30H2,1-5H3,(H,38,39). The van der Waals surface area contributed by atoms with E-state index < -0.39 is 7.82 Å². The van der Waals surface area contributed by atoms with Gasteiger partial charge in [-0.2, -0.15) is 0 Å². The van der Waals surface area contributed by atoms with Gasteiger partial charge >= 0.3 is 7.82 Å². The van der Waals surface area contributed by atoms with E-state index in [2.05, 4.69) is 11.8 Å². The minimum Gasteiger partial charge on any atom is -0.494 e. The fourth-order valence-corrected chi connectivity index (χ4v) is 6.32. The molecule has 1 aromatic rings. The van der Waals surface area contributed by atoms with Crippen molar-refractivity contribution in [2.45, 2.75) is 142 Å². The van der Waals surface area contributed by atoms with Crippen LogP contribution in [0.15, 0.2) is 24.3 Å². The smallest absolute Gasteiger partial charge is 0.472 e. The number of ether oxygens (including phenoxy) is 1. The van der Waals surface area contributed by atoms with Gasteiger partial charge in [0.2, 0.25) is 0 Å². The fourth-order valence-electron chi connectivity index (χ4n) is 5.23. The third-order valence-corrected chi connectivity index (χ3v) is 9.01. The second-order valence-electron chi connectivity index (χ2n) is 12.4. The molecule has 1 N–H and O–H groups in total. The SMILES string of the molecule is CCCCCCCCCCCCCCOc1ccc(CC(COP(=O)(O)OC(CC)CCCN(C)C)CC(=O)CC)cc1. The largest absolute Gasteiger partial charge is 0.494 e. The zero-order chi connectivity index (χ0) is 31.8. The average Bonchev–Trinajstić information content (AvgIpc) is 2.98. The number of hydrogen-bond acceptors (Lipinski definition) is 6. The van der Waals surface area contributed by atoms with Crippen LogP contribution in [0.2, 0.25) is 0 Å². The number of unbranched alkanes of at least 4 members (excludes halogenated alkanes) is 11. The van der Waals surface area contributed by atoms with Crippen molar-refractivity contribution in [2.24, 2.45) is 5.92 Å². The van der Waals surface area contributed by atoms with Crippen LogP contribution in [0.3, 0.4) is 0 Å². The summed E-state index contributed by atoms with van der Waals surface area (Å²) >= 11 is 0. The van der Waals surface area contributed by atoms with E-state index in [0.29, 0.717) is 32.1 Å². The van der Waals surface area contributed by atoms with Crippen LogP contribution in [0.25, 0.3) is 0 Å². The molecule has 0 saturated carbocycles. The Bertz CT molecular complexity index is 862. The van der Waals surface area contributed by atoms with Gasteiger partial charge in [0.05, 0.1) is 19.3 Å². The monoisotopic (exact) mass is 625 g/mol. The molecule has 0 aliphatic rings. The van der Waals surface area contributed by atoms with Crippen LogP contribution >= 0.6 is 7.82 Å². The highest BCUT2D eigenvalue weighted by atomic mass is 31.2. The molecule has 0 saturated heterocycles. The Balaban J connectivity index is 2.39. The lowest BCUT2D eigenvalue weighted by atomic mass is 9.94. The first-order valence-electron chi connectivity index (χ1n) is 17.2. The predicted molar refractivity (Wildman–Crippen MR) is 179 cm³/mol. The van der Waals surface area contributed by atoms with Gasteiger partial charge in [-0.1, -0.05) is 104 Å². The predicted octanol–water partition coefficient (Wildman–Crippen LogP) is 9.55. The molecule has 3 atom stereocenters. The lowest BCUT2D eigenvalue weighted by Crippen LogP contribution is -2.19. The molecule has 0 amide bonds. The number of phosphoric ester groups is 1. The molecule has 0 aliphatic heterocycles. The third-order valence-electron chi connectivity index (χ3n) is 7.97. The second kappa shape index (κ2) is 25.0. The zero-order valence-corrected chi connectivity index (χ0v) is 29.1. The molecule has 0 aromatic heterocycles. The number of nitrogens with zero attached hydrogens (tertiary/aromatic N) is 1. The Morgan fingerprint density at radius 1 is 0.860 bits per heavy atom. The first-order valence-corrected chi connectivity index (χ1v) is 18.7. The minimum absolute atomic E-state index is 0.00907. The molecule has 250 valence electrons. The van der Waals surface area contributed by atoms with Crippen LogP contribution in [0.1, 0.15) is 135 Å². The van der Waals surface area contributed by atoms with Gasteiger partial charge in [0.25, 0.3) is 0 Å². The van der Waals surface area contributed by atoms with Gasteiger partial charge in [0, 0.05) is 12.8 Å². The van der Waals surface area contributed by atoms with E-state index >= 15 is 0 Å². The maximum Gasteiger partial charge on any atom is 0.472 e. The number of rotatable bonds is 29. The molecule has 0 heterocycles. The van der Waals surface area contributed by atoms with Gasteiger partial charge in [-0.05, 0) is 76.4 Å². The van der Waals surface area contributed by atoms with Crippen molar-refractivity contribution >= 4 is 13.6 Å². The topological polar surface area (TPSA) is 85.3 Å². The van der Waals surface area contributed by atoms with Crippen molar-refractivity contribution in [3.05, 3.63) is 29.8 Å². The molecule has 0 fully saturated rings. The molecule has 0 spiro atoms. The number of hydrogen-bond donors (Lipinski definition) is 1. The second-order valence-corrected chi connectivity index (χ2v) is 13.8. The van der Waals surface area contributed by atoms with Crippen LogP contribution in [0, 0.1) is 5.92 Å². The number of carbonyl (C=O) groups excluding carboxylic acids is 1. The van der Waals surface area contributed by atoms with E-state index in [-0.39, 0.29) is 24.4 Å². The Hall–Kier alpha value is -1.24. The summed E-state index contributed by atoms with van der Waals surface area (Å²) in [5.41, 5.74) is 1.04. The third kappa shape index (κ3) is 22.0. The van der Waals surface area contributed by atoms with E-state index in [1.54, 1.807) is 0 Å². The van der Waals surface area contributed by atoms with Crippen molar-refractivity contribution < 1.29 is 28.0 Å². The van der Waals surface area contributed by atoms with E-state index in [1.165, 1.54) is 70.6 Å². The molecule has 3 unspecified atom stereocenters. The fraction of sp³-hybridized carbons (Fsp3) is 0.800. The van der Waals surface area contributed by atoms with Crippen molar-refractivity contribution in [1.29, 1.82) is 0 Å². The molecular formula is C35H64NO6P. The first kappa shape index (κ1) is 39.8. The number of Topliss-reactive ketones (excluding diaryl/α,β-unsaturated/α-hetero) is 1. The first-order chi connectivity index (χ1) is 20.7. The van der Waals surface area contributed by atoms with Gasteiger partial charge in [-0.25, -0.2) is 4.57 Å². The maximum absolute atomic E-state index is 12.7. The van der Waals surface area contributed by atoms with Crippen molar-refractivity contribution in [3.63, 3.8) is 0 Å². The summed E-state index contributed by atoms with van der Waals surface area (Å²) in [6.07, 6.45) is 19.0. The number of ketones is 1. The van der Waals surface area contributed by atoms with Crippen LogP contribution in [0.4, 0.5) is 0 Å². The summed E-state index contributed by atoms with van der Waals surface area (Å²) in [6, 6.07) is 7.95. The van der Waals surface area contributed by atoms with Crippen molar-refractivity contribution in [2.75, 3.05) is 33.9 Å². The highest BCUT2D eigenvalue weighted by Crippen LogP contribution is 2.46. The van der Waals surface area contributed by atoms with Gasteiger partial charge in [-0.3, -0.25) is 13.8 Å². The van der Waals surface area contributed by atoms with E-state index in [0.717, 1.165) is 37.3 Å². The number of carbonyl (C=O) groups is 1. The van der Waals surface area contributed by atoms with Crippen LogP contribution in [-0.4, -0.2) is 55.5 Å². The highest BCUT2D eigenvalue weighted by molar-refractivity contribution is 7.47. The van der Waals surface area contributed by atoms with Crippen LogP contribution < -0.4 is 4.74 Å². The van der Waals surface area contributed by atoms with Crippen molar-refractivity contribution in [1.82, 2.24) is 4.90 Å². The molecule has 43 heavy (non-hydrogen) atoms. The minimum atomic E-state index is -4.23. The normalized spacial score (nSPS) is 14.5. The Morgan fingerprint density at radius 2 is 1.44 bits per heavy atom. The molecule has 8 heteroatoms. The van der Waals surface area contributed by atoms with Gasteiger partial charge in [-0.15, -0.1) is 0 Å². The lowest BCUT2D eigenvalue weighted by Gasteiger charge is -2.22. The molecule has 0 aliphatic carbocycles. The van der Waals surface area contributed by atoms with Crippen LogP contribution in [-0.2, 0) is 24.8 Å². The highest BCUT2D eigenvalue weighted by Gasteiger charge is 2.28. The molecule has 0 radical (unpaired) electrons. The summed E-state index contributed by atoms with van der Waals surface area (Å²) in [5, 5.41) is 0. The van der Waals surface area contributed by atoms with Gasteiger partial charge in [0.15, 0.2) is 0 Å². The summed E-state index contributed by atoms with van der Waals surface area (Å²) in [5.74, 6) is 0.746. The van der Waals surface area contributed by atoms with Gasteiger partial charge in [0.1, 0.15) is 11.5 Å². The Morgan fingerprint density at radius 3 is 1.98 bits per heavy atom. The molecule has 0 bridgehead atoms. The molecule has 7 nitrogen and oxygen atoms in total. The summed E-state index contributed by atoms with van der Waals surface area (Å²) in [4.78, 5) is 24.7. The zero-order valence-electron chi connectivity index (χ0n) is 28.2. The molecule has 1 rings (SSSR count). The van der Waals surface area contributed by atoms with E-state index in [9.17, 15) is 14.3 Å². The Kier molecular flexibility index (Phi) is 23.1. The summed E-state index contributed by atoms with van der Waals surface area (Å²) < 4.78 is 29.6. The lowest BCUT2D eigenvalue weighted by molar-refractivity contribution is -0.120. The van der Waals surface area contributed by atoms with E-state index in [4.69, 9.17) is 13.8 Å². The van der Waals surface area contributed by atoms with Crippen LogP contribution in [0.5, 0.6) is 5.75 Å². The summed E-state index contributed by atoms with van der Waals surface area (Å²) in [6.45, 7) is 7.64. The molecule has 1 aromatic carbocycles. The van der Waals surface area contributed by atoms with E-state index in [1.807, 2.05) is 52.2 Å². The van der Waals surface area contributed by atoms with Crippen molar-refractivity contribution in [3.8, 4) is 5.75 Å². The Labute approximate surface area is 264 Å². The number of benzene rings is 1. The maximum atomic E-state index is 12.7. The average molecular weight is 626 g/mol. The summed E-state index contributed by atoms with van der Waals surface area (Å²) in [7, 11) is -0.225. The quantitative estimate of drug-likeness (QED) is 0.0701.